The molecule has 3 aromatic carbocycles. The molecule has 2 N–H and O–H groups in total. The second-order valence-electron chi connectivity index (χ2n) is 12.1. The van der Waals surface area contributed by atoms with Crippen LogP contribution in [-0.4, -0.2) is 59.0 Å². The average molecular weight is 736 g/mol. The number of anilines is 1. The molecule has 0 fully saturated rings. The Morgan fingerprint density at radius 1 is 0.849 bits per heavy atom. The zero-order valence-electron chi connectivity index (χ0n) is 29.3. The molecule has 0 spiro atoms. The lowest BCUT2D eigenvalue weighted by atomic mass is 10.0. The van der Waals surface area contributed by atoms with Gasteiger partial charge in [0.2, 0.25) is 5.91 Å². The highest BCUT2D eigenvalue weighted by Gasteiger charge is 2.34. The molecule has 0 aliphatic rings. The molecule has 0 saturated heterocycles. The number of carbonyl (C=O) groups is 4. The Morgan fingerprint density at radius 2 is 1.53 bits per heavy atom. The van der Waals surface area contributed by atoms with Gasteiger partial charge in [0, 0.05) is 6.54 Å². The summed E-state index contributed by atoms with van der Waals surface area (Å²) in [5.74, 6) is -2.44. The molecular weight excluding hydrogens is 695 g/mol. The predicted octanol–water partition coefficient (Wildman–Crippen LogP) is 7.59. The number of carboxylic acid groups (broad SMARTS) is 1. The molecule has 1 heterocycles. The second-order valence-corrected chi connectivity index (χ2v) is 12.1. The van der Waals surface area contributed by atoms with E-state index in [1.165, 1.54) is 56.7 Å². The monoisotopic (exact) mass is 735 g/mol. The van der Waals surface area contributed by atoms with E-state index in [-0.39, 0.29) is 35.0 Å². The van der Waals surface area contributed by atoms with Gasteiger partial charge in [0.05, 0.1) is 43.1 Å². The van der Waals surface area contributed by atoms with Gasteiger partial charge in [0.1, 0.15) is 29.5 Å². The lowest BCUT2D eigenvalue weighted by molar-refractivity contribution is -0.139. The third kappa shape index (κ3) is 12.4. The normalized spacial score (nSPS) is 11.0. The fourth-order valence-electron chi connectivity index (χ4n) is 5.23. The highest BCUT2D eigenvalue weighted by Crippen LogP contribution is 2.35. The molecule has 0 radical (unpaired) electrons. The van der Waals surface area contributed by atoms with Gasteiger partial charge in [-0.3, -0.25) is 14.4 Å². The summed E-state index contributed by atoms with van der Waals surface area (Å²) in [5, 5.41) is 11.9. The lowest BCUT2D eigenvalue weighted by Crippen LogP contribution is -2.35. The van der Waals surface area contributed by atoms with Gasteiger partial charge in [0.15, 0.2) is 0 Å². The number of nitrogens with one attached hydrogen (secondary N) is 1. The Bertz CT molecular complexity index is 1850. The topological polar surface area (TPSA) is 144 Å². The van der Waals surface area contributed by atoms with E-state index >= 15 is 0 Å². The third-order valence-corrected chi connectivity index (χ3v) is 7.97. The molecule has 1 aromatic heterocycles. The van der Waals surface area contributed by atoms with E-state index in [4.69, 9.17) is 14.2 Å². The fourth-order valence-corrected chi connectivity index (χ4v) is 5.23. The minimum Gasteiger partial charge on any atom is -0.497 e. The van der Waals surface area contributed by atoms with E-state index in [2.05, 4.69) is 17.2 Å². The summed E-state index contributed by atoms with van der Waals surface area (Å²) >= 11 is 0. The van der Waals surface area contributed by atoms with E-state index in [1.807, 2.05) is 0 Å². The van der Waals surface area contributed by atoms with E-state index < -0.39 is 48.5 Å². The largest absolute Gasteiger partial charge is 0.497 e. The van der Waals surface area contributed by atoms with E-state index in [1.54, 1.807) is 36.4 Å². The van der Waals surface area contributed by atoms with Crippen LogP contribution in [-0.2, 0) is 28.7 Å². The van der Waals surface area contributed by atoms with Gasteiger partial charge >= 0.3 is 18.1 Å². The van der Waals surface area contributed by atoms with Crippen LogP contribution in [0.25, 0.3) is 0 Å². The Morgan fingerprint density at radius 3 is 2.15 bits per heavy atom. The summed E-state index contributed by atoms with van der Waals surface area (Å²) in [6.07, 6.45) is 1.47. The first-order valence-electron chi connectivity index (χ1n) is 16.9. The highest BCUT2D eigenvalue weighted by molar-refractivity contribution is 5.96. The number of carboxylic acids is 1. The summed E-state index contributed by atoms with van der Waals surface area (Å²) in [7, 11) is 1.23. The van der Waals surface area contributed by atoms with Gasteiger partial charge in [0.25, 0.3) is 5.91 Å². The third-order valence-electron chi connectivity index (χ3n) is 7.97. The number of hydrogen-bond acceptors (Lipinski definition) is 8. The smallest absolute Gasteiger partial charge is 0.416 e. The minimum absolute atomic E-state index is 0.00677. The van der Waals surface area contributed by atoms with Crippen LogP contribution in [0.1, 0.15) is 76.6 Å². The number of aromatic nitrogens is 1. The second kappa shape index (κ2) is 19.1. The van der Waals surface area contributed by atoms with Crippen molar-refractivity contribution in [2.45, 2.75) is 58.2 Å². The van der Waals surface area contributed by atoms with Crippen molar-refractivity contribution >= 4 is 29.4 Å². The van der Waals surface area contributed by atoms with Crippen molar-refractivity contribution < 1.29 is 51.7 Å². The van der Waals surface area contributed by atoms with E-state index in [0.717, 1.165) is 36.1 Å². The Balaban J connectivity index is 1.32. The van der Waals surface area contributed by atoms with Crippen LogP contribution in [0.15, 0.2) is 85.1 Å². The van der Waals surface area contributed by atoms with E-state index in [0.29, 0.717) is 23.5 Å². The molecule has 0 aliphatic carbocycles. The molecule has 2 amide bonds. The minimum atomic E-state index is -4.71. The molecule has 280 valence electrons. The standard InChI is InChI=1S/C39H40F3N3O8/c1-3-4-5-6-7-20-52-30-16-10-27(11-17-30)38(50)53-31-14-8-26(9-15-31)24-45(25-36(47)48)37(49)34-19-13-29(23-43-34)44-35(46)21-28-12-18-32(51-2)22-33(28)39(40,41)42/h8-19,22-23H,3-7,20-21,24-25H2,1-2H3,(H,44,46)(H,47,48). The molecule has 4 rings (SSSR count). The predicted molar refractivity (Wildman–Crippen MR) is 189 cm³/mol. The van der Waals surface area contributed by atoms with Gasteiger partial charge in [-0.25, -0.2) is 9.78 Å². The first-order valence-corrected chi connectivity index (χ1v) is 16.9. The molecule has 11 nitrogen and oxygen atoms in total. The zero-order chi connectivity index (χ0) is 38.4. The number of nitrogens with zero attached hydrogens (tertiary/aromatic N) is 2. The zero-order valence-corrected chi connectivity index (χ0v) is 29.3. The summed E-state index contributed by atoms with van der Waals surface area (Å²) in [6, 6.07) is 18.7. The van der Waals surface area contributed by atoms with Crippen molar-refractivity contribution in [3.63, 3.8) is 0 Å². The van der Waals surface area contributed by atoms with Crippen molar-refractivity contribution in [3.8, 4) is 17.2 Å². The van der Waals surface area contributed by atoms with Gasteiger partial charge in [-0.1, -0.05) is 50.8 Å². The van der Waals surface area contributed by atoms with Crippen molar-refractivity contribution in [2.75, 3.05) is 25.6 Å². The van der Waals surface area contributed by atoms with Crippen LogP contribution in [0.4, 0.5) is 18.9 Å². The molecular formula is C39H40F3N3O8. The molecule has 0 atom stereocenters. The maximum atomic E-state index is 13.5. The Labute approximate surface area is 304 Å². The number of pyridine rings is 1. The Hall–Kier alpha value is -5.92. The molecule has 4 aromatic rings. The van der Waals surface area contributed by atoms with Crippen LogP contribution in [0, 0.1) is 0 Å². The van der Waals surface area contributed by atoms with Crippen LogP contribution < -0.4 is 19.5 Å². The highest BCUT2D eigenvalue weighted by atomic mass is 19.4. The number of carbonyl (C=O) groups excluding carboxylic acids is 3. The maximum Gasteiger partial charge on any atom is 0.416 e. The molecule has 0 bridgehead atoms. The number of halogens is 3. The lowest BCUT2D eigenvalue weighted by Gasteiger charge is -2.21. The number of ether oxygens (including phenoxy) is 3. The molecule has 0 unspecified atom stereocenters. The number of esters is 1. The van der Waals surface area contributed by atoms with Crippen LogP contribution in [0.5, 0.6) is 17.2 Å². The first kappa shape index (κ1) is 39.9. The first-order chi connectivity index (χ1) is 25.4. The van der Waals surface area contributed by atoms with Crippen LogP contribution >= 0.6 is 0 Å². The van der Waals surface area contributed by atoms with Gasteiger partial charge in [-0.05, 0) is 78.2 Å². The van der Waals surface area contributed by atoms with Crippen LogP contribution in [0.3, 0.4) is 0 Å². The summed E-state index contributed by atoms with van der Waals surface area (Å²) < 4.78 is 56.7. The van der Waals surface area contributed by atoms with Crippen molar-refractivity contribution in [1.29, 1.82) is 0 Å². The van der Waals surface area contributed by atoms with E-state index in [9.17, 15) is 37.5 Å². The van der Waals surface area contributed by atoms with Gasteiger partial charge in [-0.15, -0.1) is 0 Å². The maximum absolute atomic E-state index is 13.5. The van der Waals surface area contributed by atoms with Crippen molar-refractivity contribution in [3.05, 3.63) is 113 Å². The fraction of sp³-hybridized carbons (Fsp3) is 0.308. The number of alkyl halides is 3. The SMILES string of the molecule is CCCCCCCOc1ccc(C(=O)Oc2ccc(CN(CC(=O)O)C(=O)c3ccc(NC(=O)Cc4ccc(OC)cc4C(F)(F)F)cn3)cc2)cc1. The number of hydrogen-bond donors (Lipinski definition) is 2. The number of benzene rings is 3. The van der Waals surface area contributed by atoms with Crippen LogP contribution in [0.2, 0.25) is 0 Å². The number of methoxy groups -OCH3 is 1. The number of unbranched alkanes of at least 4 members (excludes halogenated alkanes) is 4. The van der Waals surface area contributed by atoms with Crippen molar-refractivity contribution in [2.24, 2.45) is 0 Å². The molecule has 0 saturated carbocycles. The number of aliphatic carboxylic acids is 1. The quantitative estimate of drug-likeness (QED) is 0.0600. The molecule has 14 heteroatoms. The molecule has 53 heavy (non-hydrogen) atoms. The summed E-state index contributed by atoms with van der Waals surface area (Å²) in [5.41, 5.74) is -0.417. The number of amides is 2. The average Bonchev–Trinajstić information content (AvgIpc) is 3.13. The van der Waals surface area contributed by atoms with Crippen molar-refractivity contribution in [1.82, 2.24) is 9.88 Å². The molecule has 0 aliphatic heterocycles. The summed E-state index contributed by atoms with van der Waals surface area (Å²) in [6.45, 7) is 1.99. The Kier molecular flexibility index (Phi) is 14.3. The number of rotatable bonds is 18. The van der Waals surface area contributed by atoms with Gasteiger partial charge < -0.3 is 29.5 Å². The summed E-state index contributed by atoms with van der Waals surface area (Å²) in [4.78, 5) is 55.2. The van der Waals surface area contributed by atoms with Gasteiger partial charge in [-0.2, -0.15) is 13.2 Å².